The summed E-state index contributed by atoms with van der Waals surface area (Å²) >= 11 is 0. The predicted octanol–water partition coefficient (Wildman–Crippen LogP) is 1.20. The third-order valence-corrected chi connectivity index (χ3v) is 5.33. The van der Waals surface area contributed by atoms with Crippen molar-refractivity contribution in [3.05, 3.63) is 28.2 Å². The number of hydrogen-bond donors (Lipinski definition) is 2. The first kappa shape index (κ1) is 13.8. The molecule has 1 aromatic heterocycles. The van der Waals surface area contributed by atoms with Crippen molar-refractivity contribution in [2.75, 3.05) is 13.1 Å². The van der Waals surface area contributed by atoms with Crippen LogP contribution in [0.1, 0.15) is 19.4 Å². The fourth-order valence-corrected chi connectivity index (χ4v) is 3.84. The van der Waals surface area contributed by atoms with Crippen molar-refractivity contribution in [1.82, 2.24) is 14.3 Å². The van der Waals surface area contributed by atoms with Gasteiger partial charge >= 0.3 is 5.69 Å². The lowest BCUT2D eigenvalue weighted by Gasteiger charge is -2.19. The topological polar surface area (TPSA) is 86.0 Å². The zero-order chi connectivity index (χ0) is 14.2. The minimum absolute atomic E-state index is 0.235. The summed E-state index contributed by atoms with van der Waals surface area (Å²) in [7, 11) is -3.52. The summed E-state index contributed by atoms with van der Waals surface area (Å²) in [5.74, 6) is 0. The molecule has 2 N–H and O–H groups in total. The molecule has 0 saturated carbocycles. The molecule has 0 aliphatic rings. The van der Waals surface area contributed by atoms with Crippen LogP contribution in [0.25, 0.3) is 11.0 Å². The second-order valence-electron chi connectivity index (χ2n) is 4.33. The largest absolute Gasteiger partial charge is 0.323 e. The highest BCUT2D eigenvalue weighted by atomic mass is 32.2. The van der Waals surface area contributed by atoms with Gasteiger partial charge in [-0.1, -0.05) is 13.8 Å². The number of rotatable bonds is 4. The van der Waals surface area contributed by atoms with Gasteiger partial charge in [0, 0.05) is 13.1 Å². The van der Waals surface area contributed by atoms with Gasteiger partial charge in [-0.05, 0) is 24.6 Å². The number of nitrogens with one attached hydrogen (secondary N) is 2. The summed E-state index contributed by atoms with van der Waals surface area (Å²) in [6, 6.07) is 3.18. The SMILES string of the molecule is CCN(CC)S(=O)(=O)c1cc2[nH]c(=O)[nH]c2cc1C. The van der Waals surface area contributed by atoms with E-state index in [9.17, 15) is 13.2 Å². The predicted molar refractivity (Wildman–Crippen MR) is 73.8 cm³/mol. The third kappa shape index (κ3) is 2.31. The summed E-state index contributed by atoms with van der Waals surface area (Å²) in [6.45, 7) is 6.15. The zero-order valence-electron chi connectivity index (χ0n) is 11.1. The van der Waals surface area contributed by atoms with Crippen LogP contribution >= 0.6 is 0 Å². The van der Waals surface area contributed by atoms with Crippen LogP contribution in [0, 0.1) is 6.92 Å². The van der Waals surface area contributed by atoms with Crippen LogP contribution in [-0.2, 0) is 10.0 Å². The van der Waals surface area contributed by atoms with Crippen LogP contribution in [-0.4, -0.2) is 35.8 Å². The van der Waals surface area contributed by atoms with Gasteiger partial charge < -0.3 is 9.97 Å². The van der Waals surface area contributed by atoms with Crippen molar-refractivity contribution in [3.63, 3.8) is 0 Å². The summed E-state index contributed by atoms with van der Waals surface area (Å²) in [6.07, 6.45) is 0. The average Bonchev–Trinajstić information content (AvgIpc) is 2.68. The van der Waals surface area contributed by atoms with Crippen LogP contribution in [0.4, 0.5) is 0 Å². The third-order valence-electron chi connectivity index (χ3n) is 3.13. The molecule has 0 atom stereocenters. The molecule has 0 aliphatic heterocycles. The first-order chi connectivity index (χ1) is 8.90. The Morgan fingerprint density at radius 1 is 1.11 bits per heavy atom. The fourth-order valence-electron chi connectivity index (χ4n) is 2.15. The number of aryl methyl sites for hydroxylation is 1. The summed E-state index contributed by atoms with van der Waals surface area (Å²) < 4.78 is 26.4. The van der Waals surface area contributed by atoms with Gasteiger partial charge in [0.25, 0.3) is 0 Å². The molecule has 2 rings (SSSR count). The number of aromatic nitrogens is 2. The van der Waals surface area contributed by atoms with E-state index in [2.05, 4.69) is 9.97 Å². The van der Waals surface area contributed by atoms with E-state index in [0.717, 1.165) is 0 Å². The minimum Gasteiger partial charge on any atom is -0.306 e. The van der Waals surface area contributed by atoms with Gasteiger partial charge in [0.05, 0.1) is 15.9 Å². The maximum atomic E-state index is 12.5. The molecule has 19 heavy (non-hydrogen) atoms. The molecule has 0 spiro atoms. The number of nitrogens with zero attached hydrogens (tertiary/aromatic N) is 1. The maximum Gasteiger partial charge on any atom is 0.323 e. The van der Waals surface area contributed by atoms with Crippen molar-refractivity contribution in [2.45, 2.75) is 25.7 Å². The summed E-state index contributed by atoms with van der Waals surface area (Å²) in [4.78, 5) is 16.7. The molecule has 0 amide bonds. The van der Waals surface area contributed by atoms with Crippen LogP contribution < -0.4 is 5.69 Å². The lowest BCUT2D eigenvalue weighted by atomic mass is 10.2. The Labute approximate surface area is 111 Å². The number of sulfonamides is 1. The zero-order valence-corrected chi connectivity index (χ0v) is 12.0. The highest BCUT2D eigenvalue weighted by Gasteiger charge is 2.24. The molecule has 104 valence electrons. The fraction of sp³-hybridized carbons (Fsp3) is 0.417. The van der Waals surface area contributed by atoms with E-state index >= 15 is 0 Å². The Bertz CT molecular complexity index is 754. The minimum atomic E-state index is -3.52. The normalized spacial score (nSPS) is 12.4. The Morgan fingerprint density at radius 2 is 1.63 bits per heavy atom. The van der Waals surface area contributed by atoms with Gasteiger partial charge in [-0.25, -0.2) is 13.2 Å². The molecule has 1 aromatic carbocycles. The molecule has 2 aromatic rings. The Hall–Kier alpha value is -1.60. The second kappa shape index (κ2) is 4.82. The van der Waals surface area contributed by atoms with Crippen LogP contribution in [0.2, 0.25) is 0 Å². The van der Waals surface area contributed by atoms with Gasteiger partial charge in [0.15, 0.2) is 0 Å². The van der Waals surface area contributed by atoms with E-state index in [1.165, 1.54) is 10.4 Å². The van der Waals surface area contributed by atoms with Crippen molar-refractivity contribution in [2.24, 2.45) is 0 Å². The first-order valence-corrected chi connectivity index (χ1v) is 7.57. The molecular weight excluding hydrogens is 266 g/mol. The molecular formula is C12H17N3O3S. The standard InChI is InChI=1S/C12H17N3O3S/c1-4-15(5-2)19(17,18)11-7-10-9(6-8(11)3)13-12(16)14-10/h6-7H,4-5H2,1-3H3,(H2,13,14,16). The van der Waals surface area contributed by atoms with Crippen molar-refractivity contribution < 1.29 is 8.42 Å². The quantitative estimate of drug-likeness (QED) is 0.884. The van der Waals surface area contributed by atoms with Crippen molar-refractivity contribution in [3.8, 4) is 0 Å². The molecule has 0 bridgehead atoms. The van der Waals surface area contributed by atoms with E-state index in [0.29, 0.717) is 29.7 Å². The summed E-state index contributed by atoms with van der Waals surface area (Å²) in [5, 5.41) is 0. The highest BCUT2D eigenvalue weighted by molar-refractivity contribution is 7.89. The smallest absolute Gasteiger partial charge is 0.306 e. The van der Waals surface area contributed by atoms with Crippen LogP contribution in [0.5, 0.6) is 0 Å². The average molecular weight is 283 g/mol. The molecule has 0 aliphatic carbocycles. The lowest BCUT2D eigenvalue weighted by molar-refractivity contribution is 0.445. The Kier molecular flexibility index (Phi) is 3.51. The van der Waals surface area contributed by atoms with Crippen LogP contribution in [0.3, 0.4) is 0 Å². The van der Waals surface area contributed by atoms with E-state index in [1.54, 1.807) is 26.8 Å². The number of benzene rings is 1. The summed E-state index contributed by atoms with van der Waals surface area (Å²) in [5.41, 5.74) is 1.39. The molecule has 0 unspecified atom stereocenters. The first-order valence-electron chi connectivity index (χ1n) is 6.13. The van der Waals surface area contributed by atoms with Crippen molar-refractivity contribution in [1.29, 1.82) is 0 Å². The van der Waals surface area contributed by atoms with Gasteiger partial charge in [-0.15, -0.1) is 0 Å². The maximum absolute atomic E-state index is 12.5. The number of H-pyrrole nitrogens is 2. The van der Waals surface area contributed by atoms with Gasteiger partial charge in [-0.3, -0.25) is 0 Å². The van der Waals surface area contributed by atoms with Gasteiger partial charge in [0.2, 0.25) is 10.0 Å². The lowest BCUT2D eigenvalue weighted by Crippen LogP contribution is -2.31. The number of hydrogen-bond acceptors (Lipinski definition) is 3. The van der Waals surface area contributed by atoms with Gasteiger partial charge in [0.1, 0.15) is 0 Å². The van der Waals surface area contributed by atoms with Crippen molar-refractivity contribution >= 4 is 21.1 Å². The van der Waals surface area contributed by atoms with Gasteiger partial charge in [-0.2, -0.15) is 4.31 Å². The highest BCUT2D eigenvalue weighted by Crippen LogP contribution is 2.23. The molecule has 0 radical (unpaired) electrons. The molecule has 0 saturated heterocycles. The molecule has 6 nitrogen and oxygen atoms in total. The second-order valence-corrected chi connectivity index (χ2v) is 6.24. The van der Waals surface area contributed by atoms with E-state index in [4.69, 9.17) is 0 Å². The number of imidazole rings is 1. The Morgan fingerprint density at radius 3 is 2.16 bits per heavy atom. The molecule has 7 heteroatoms. The number of fused-ring (bicyclic) bond motifs is 1. The number of aromatic amines is 2. The van der Waals surface area contributed by atoms with E-state index < -0.39 is 10.0 Å². The Balaban J connectivity index is 2.68. The van der Waals surface area contributed by atoms with E-state index in [1.807, 2.05) is 0 Å². The molecule has 0 fully saturated rings. The molecule has 1 heterocycles. The van der Waals surface area contributed by atoms with Crippen LogP contribution in [0.15, 0.2) is 21.8 Å². The monoisotopic (exact) mass is 283 g/mol. The van der Waals surface area contributed by atoms with E-state index in [-0.39, 0.29) is 10.6 Å².